The van der Waals surface area contributed by atoms with E-state index in [0.717, 1.165) is 10.9 Å². The molecule has 1 aliphatic carbocycles. The van der Waals surface area contributed by atoms with Crippen LogP contribution in [0.15, 0.2) is 89.4 Å². The van der Waals surface area contributed by atoms with Gasteiger partial charge in [0, 0.05) is 42.0 Å². The lowest BCUT2D eigenvalue weighted by atomic mass is 9.69. The average molecular weight is 496 g/mol. The summed E-state index contributed by atoms with van der Waals surface area (Å²) in [5.74, 6) is -1.59. The lowest BCUT2D eigenvalue weighted by molar-refractivity contribution is -0.134. The molecule has 1 N–H and O–H groups in total. The largest absolute Gasteiger partial charge is 0.304 e. The Kier molecular flexibility index (Phi) is 6.15. The number of amides is 2. The molecule has 3 aromatic rings. The molecule has 0 bridgehead atoms. The molecule has 2 heterocycles. The van der Waals surface area contributed by atoms with Gasteiger partial charge in [0.15, 0.2) is 5.78 Å². The van der Waals surface area contributed by atoms with Gasteiger partial charge in [-0.15, -0.1) is 6.58 Å². The molecule has 2 aromatic carbocycles. The third-order valence-electron chi connectivity index (χ3n) is 7.11. The lowest BCUT2D eigenvalue weighted by Gasteiger charge is -2.42. The van der Waals surface area contributed by atoms with Crippen LogP contribution in [0.4, 0.5) is 0 Å². The van der Waals surface area contributed by atoms with Gasteiger partial charge < -0.3 is 4.57 Å². The second-order valence-corrected chi connectivity index (χ2v) is 10.5. The Morgan fingerprint density at radius 1 is 1.05 bits per heavy atom. The smallest absolute Gasteiger partial charge is 0.270 e. The zero-order valence-corrected chi connectivity index (χ0v) is 21.0. The van der Waals surface area contributed by atoms with Crippen LogP contribution in [0.2, 0.25) is 0 Å². The summed E-state index contributed by atoms with van der Waals surface area (Å²) in [4.78, 5) is 53.8. The number of fused-ring (bicyclic) bond motifs is 1. The van der Waals surface area contributed by atoms with E-state index in [2.05, 4.69) is 12.0 Å². The first-order valence-electron chi connectivity index (χ1n) is 12.4. The summed E-state index contributed by atoms with van der Waals surface area (Å²) in [6.45, 7) is 8.03. The molecule has 2 amide bonds. The minimum Gasteiger partial charge on any atom is -0.304 e. The van der Waals surface area contributed by atoms with E-state index in [1.807, 2.05) is 38.1 Å². The SMILES string of the molecule is C=CCn1c(=O)c(C2CC(=O)N(NC(=O)c3ccccc3)C3=C2C(=O)CC(C)(C)C3)cc2ccccc21. The van der Waals surface area contributed by atoms with Gasteiger partial charge in [0.2, 0.25) is 5.91 Å². The van der Waals surface area contributed by atoms with E-state index in [9.17, 15) is 19.2 Å². The van der Waals surface area contributed by atoms with Crippen LogP contribution in [-0.2, 0) is 16.1 Å². The molecule has 1 atom stereocenters. The van der Waals surface area contributed by atoms with Gasteiger partial charge in [-0.2, -0.15) is 0 Å². The molecular formula is C30H29N3O4. The quantitative estimate of drug-likeness (QED) is 0.528. The molecule has 188 valence electrons. The molecule has 7 nitrogen and oxygen atoms in total. The molecule has 5 rings (SSSR count). The zero-order chi connectivity index (χ0) is 26.3. The van der Waals surface area contributed by atoms with Crippen molar-refractivity contribution in [2.75, 3.05) is 0 Å². The third kappa shape index (κ3) is 4.42. The summed E-state index contributed by atoms with van der Waals surface area (Å²) >= 11 is 0. The maximum atomic E-state index is 13.7. The van der Waals surface area contributed by atoms with Gasteiger partial charge in [-0.3, -0.25) is 24.6 Å². The Bertz CT molecular complexity index is 1530. The molecule has 0 saturated carbocycles. The molecule has 0 spiro atoms. The number of allylic oxidation sites excluding steroid dienone is 3. The van der Waals surface area contributed by atoms with Crippen molar-refractivity contribution >= 4 is 28.5 Å². The van der Waals surface area contributed by atoms with Crippen LogP contribution in [0, 0.1) is 5.41 Å². The first kappa shape index (κ1) is 24.4. The average Bonchev–Trinajstić information content (AvgIpc) is 2.87. The van der Waals surface area contributed by atoms with Crippen LogP contribution in [-0.4, -0.2) is 27.2 Å². The number of Topliss-reactive ketones (excluding diaryl/α,β-unsaturated/α-hetero) is 1. The summed E-state index contributed by atoms with van der Waals surface area (Å²) < 4.78 is 1.63. The maximum absolute atomic E-state index is 13.7. The van der Waals surface area contributed by atoms with Crippen LogP contribution in [0.5, 0.6) is 0 Å². The maximum Gasteiger partial charge on any atom is 0.270 e. The summed E-state index contributed by atoms with van der Waals surface area (Å²) in [5, 5.41) is 2.08. The number of rotatable bonds is 5. The number of ketones is 1. The third-order valence-corrected chi connectivity index (χ3v) is 7.11. The highest BCUT2D eigenvalue weighted by Crippen LogP contribution is 2.46. The van der Waals surface area contributed by atoms with E-state index in [1.54, 1.807) is 47.0 Å². The summed E-state index contributed by atoms with van der Waals surface area (Å²) in [6.07, 6.45) is 2.27. The minimum atomic E-state index is -0.691. The van der Waals surface area contributed by atoms with E-state index < -0.39 is 17.2 Å². The van der Waals surface area contributed by atoms with Gasteiger partial charge in [-0.1, -0.05) is 56.3 Å². The standard InChI is InChI=1S/C30H29N3O4/c1-4-14-32-23-13-9-8-12-20(23)15-22(29(32)37)21-16-26(35)33(31-28(36)19-10-6-5-7-11-19)24-17-30(2,3)18-25(34)27(21)24/h4-13,15,21H,1,14,16-18H2,2-3H3,(H,31,36). The van der Waals surface area contributed by atoms with Crippen LogP contribution < -0.4 is 11.0 Å². The van der Waals surface area contributed by atoms with Crippen molar-refractivity contribution in [1.29, 1.82) is 0 Å². The Morgan fingerprint density at radius 2 is 1.76 bits per heavy atom. The number of hydrogen-bond donors (Lipinski definition) is 1. The summed E-state index contributed by atoms with van der Waals surface area (Å²) in [5.41, 5.74) is 4.56. The highest BCUT2D eigenvalue weighted by atomic mass is 16.2. The number of aromatic nitrogens is 1. The summed E-state index contributed by atoms with van der Waals surface area (Å²) in [6, 6.07) is 18.0. The van der Waals surface area contributed by atoms with E-state index in [4.69, 9.17) is 0 Å². The number of benzene rings is 2. The zero-order valence-electron chi connectivity index (χ0n) is 21.0. The number of pyridine rings is 1. The van der Waals surface area contributed by atoms with Gasteiger partial charge in [-0.25, -0.2) is 5.01 Å². The number of hydrogen-bond acceptors (Lipinski definition) is 4. The van der Waals surface area contributed by atoms with Gasteiger partial charge in [-0.05, 0) is 41.5 Å². The number of para-hydroxylation sites is 1. The molecule has 7 heteroatoms. The van der Waals surface area contributed by atoms with Crippen molar-refractivity contribution in [3.63, 3.8) is 0 Å². The minimum absolute atomic E-state index is 0.0955. The molecule has 1 unspecified atom stereocenters. The first-order valence-corrected chi connectivity index (χ1v) is 12.4. The van der Waals surface area contributed by atoms with E-state index in [-0.39, 0.29) is 23.7 Å². The fourth-order valence-corrected chi connectivity index (χ4v) is 5.48. The Hall–Kier alpha value is -4.26. The number of nitrogens with one attached hydrogen (secondary N) is 1. The molecule has 0 saturated heterocycles. The van der Waals surface area contributed by atoms with Crippen molar-refractivity contribution in [3.05, 3.63) is 106 Å². The Morgan fingerprint density at radius 3 is 2.49 bits per heavy atom. The van der Waals surface area contributed by atoms with Crippen molar-refractivity contribution < 1.29 is 14.4 Å². The predicted molar refractivity (Wildman–Crippen MR) is 142 cm³/mol. The second-order valence-electron chi connectivity index (χ2n) is 10.5. The molecule has 0 fully saturated rings. The number of carbonyl (C=O) groups is 3. The topological polar surface area (TPSA) is 88.5 Å². The number of carbonyl (C=O) groups excluding carboxylic acids is 3. The van der Waals surface area contributed by atoms with Crippen LogP contribution in [0.25, 0.3) is 10.9 Å². The van der Waals surface area contributed by atoms with Crippen molar-refractivity contribution in [2.24, 2.45) is 5.41 Å². The lowest BCUT2D eigenvalue weighted by Crippen LogP contribution is -2.52. The second kappa shape index (κ2) is 9.32. The number of nitrogens with zero attached hydrogens (tertiary/aromatic N) is 2. The van der Waals surface area contributed by atoms with Gasteiger partial charge >= 0.3 is 0 Å². The fourth-order valence-electron chi connectivity index (χ4n) is 5.48. The Labute approximate surface area is 215 Å². The molecule has 37 heavy (non-hydrogen) atoms. The van der Waals surface area contributed by atoms with Crippen molar-refractivity contribution in [1.82, 2.24) is 15.0 Å². The van der Waals surface area contributed by atoms with E-state index in [1.165, 1.54) is 5.01 Å². The van der Waals surface area contributed by atoms with Gasteiger partial charge in [0.25, 0.3) is 11.5 Å². The predicted octanol–water partition coefficient (Wildman–Crippen LogP) is 4.49. The van der Waals surface area contributed by atoms with Crippen molar-refractivity contribution in [3.8, 4) is 0 Å². The monoisotopic (exact) mass is 495 g/mol. The molecule has 1 aliphatic heterocycles. The normalized spacial score (nSPS) is 19.1. The van der Waals surface area contributed by atoms with Gasteiger partial charge in [0.1, 0.15) is 0 Å². The highest BCUT2D eigenvalue weighted by Gasteiger charge is 2.45. The Balaban J connectivity index is 1.66. The first-order chi connectivity index (χ1) is 17.7. The molecule has 1 aromatic heterocycles. The summed E-state index contributed by atoms with van der Waals surface area (Å²) in [7, 11) is 0. The van der Waals surface area contributed by atoms with Gasteiger partial charge in [0.05, 0.1) is 11.2 Å². The van der Waals surface area contributed by atoms with Crippen LogP contribution in [0.1, 0.15) is 54.9 Å². The van der Waals surface area contributed by atoms with E-state index in [0.29, 0.717) is 41.8 Å². The highest BCUT2D eigenvalue weighted by molar-refractivity contribution is 6.03. The van der Waals surface area contributed by atoms with Crippen LogP contribution in [0.3, 0.4) is 0 Å². The van der Waals surface area contributed by atoms with Crippen molar-refractivity contribution in [2.45, 2.75) is 45.6 Å². The number of hydrazine groups is 1. The molecular weight excluding hydrogens is 466 g/mol. The van der Waals surface area contributed by atoms with Crippen LogP contribution >= 0.6 is 0 Å². The molecule has 2 aliphatic rings. The fraction of sp³-hybridized carbons (Fsp3) is 0.267. The van der Waals surface area contributed by atoms with E-state index >= 15 is 0 Å². The molecule has 0 radical (unpaired) electrons.